The lowest BCUT2D eigenvalue weighted by molar-refractivity contribution is -0.234. The Kier molecular flexibility index (Phi) is 5.26. The zero-order valence-corrected chi connectivity index (χ0v) is 22.3. The molecular weight excluding hydrogens is 404 g/mol. The first-order valence-corrected chi connectivity index (χ1v) is 14.1. The summed E-state index contributed by atoms with van der Waals surface area (Å²) in [4.78, 5) is 24.8. The van der Waals surface area contributed by atoms with Crippen LogP contribution >= 0.6 is 0 Å². The van der Waals surface area contributed by atoms with Crippen molar-refractivity contribution in [3.8, 4) is 0 Å². The third-order valence-corrected chi connectivity index (χ3v) is 13.7. The van der Waals surface area contributed by atoms with Gasteiger partial charge in [0.05, 0.1) is 0 Å². The van der Waals surface area contributed by atoms with Crippen LogP contribution in [0.25, 0.3) is 0 Å². The molecule has 184 valence electrons. The number of rotatable bonds is 3. The van der Waals surface area contributed by atoms with E-state index in [0.717, 1.165) is 24.7 Å². The Morgan fingerprint density at radius 3 is 2.30 bits per heavy atom. The number of aldehydes is 1. The minimum Gasteiger partial charge on any atom is -0.299 e. The van der Waals surface area contributed by atoms with Crippen molar-refractivity contribution in [2.24, 2.45) is 56.7 Å². The summed E-state index contributed by atoms with van der Waals surface area (Å²) in [6.07, 6.45) is 14.4. The van der Waals surface area contributed by atoms with Gasteiger partial charge < -0.3 is 0 Å². The number of fused-ring (bicyclic) bond motifs is 7. The van der Waals surface area contributed by atoms with E-state index in [1.807, 2.05) is 0 Å². The maximum absolute atomic E-state index is 12.9. The molecule has 0 aromatic rings. The van der Waals surface area contributed by atoms with E-state index in [-0.39, 0.29) is 10.8 Å². The highest BCUT2D eigenvalue weighted by Crippen LogP contribution is 2.77. The van der Waals surface area contributed by atoms with E-state index in [9.17, 15) is 9.59 Å². The molecule has 0 aliphatic heterocycles. The molecule has 0 heterocycles. The highest BCUT2D eigenvalue weighted by atomic mass is 16.1. The number of ketones is 1. The van der Waals surface area contributed by atoms with Gasteiger partial charge in [-0.2, -0.15) is 0 Å². The van der Waals surface area contributed by atoms with Crippen LogP contribution in [0.4, 0.5) is 0 Å². The lowest BCUT2D eigenvalue weighted by Crippen LogP contribution is -2.66. The van der Waals surface area contributed by atoms with Gasteiger partial charge in [0.1, 0.15) is 12.1 Å². The molecule has 2 heteroatoms. The van der Waals surface area contributed by atoms with Gasteiger partial charge in [0, 0.05) is 11.8 Å². The number of hydrogen-bond acceptors (Lipinski definition) is 2. The first-order chi connectivity index (χ1) is 15.4. The molecule has 5 saturated carbocycles. The summed E-state index contributed by atoms with van der Waals surface area (Å²) >= 11 is 0. The summed E-state index contributed by atoms with van der Waals surface area (Å²) in [5.41, 5.74) is 2.05. The van der Waals surface area contributed by atoms with E-state index >= 15 is 0 Å². The summed E-state index contributed by atoms with van der Waals surface area (Å²) in [6, 6.07) is 0. The van der Waals surface area contributed by atoms with E-state index < -0.39 is 0 Å². The Labute approximate surface area is 202 Å². The van der Waals surface area contributed by atoms with Crippen molar-refractivity contribution in [2.45, 2.75) is 112 Å². The molecule has 9 atom stereocenters. The van der Waals surface area contributed by atoms with Gasteiger partial charge in [0.15, 0.2) is 0 Å². The molecule has 33 heavy (non-hydrogen) atoms. The normalized spacial score (nSPS) is 52.8. The van der Waals surface area contributed by atoms with E-state index in [0.29, 0.717) is 51.6 Å². The fourth-order valence-electron chi connectivity index (χ4n) is 11.6. The van der Waals surface area contributed by atoms with Crippen LogP contribution < -0.4 is 0 Å². The van der Waals surface area contributed by atoms with Crippen LogP contribution in [0.2, 0.25) is 0 Å². The number of Topliss-reactive ketones (excluding diaryl/α,β-unsaturated/α-hetero) is 1. The minimum atomic E-state index is -0.172. The Bertz CT molecular complexity index is 870. The van der Waals surface area contributed by atoms with Gasteiger partial charge in [-0.05, 0) is 115 Å². The molecule has 0 bridgehead atoms. The first kappa shape index (κ1) is 23.8. The van der Waals surface area contributed by atoms with Crippen molar-refractivity contribution >= 4 is 12.1 Å². The van der Waals surface area contributed by atoms with Gasteiger partial charge in [-0.1, -0.05) is 54.5 Å². The number of allylic oxidation sites excluding steroid dienone is 1. The second kappa shape index (κ2) is 7.30. The van der Waals surface area contributed by atoms with Gasteiger partial charge in [0.2, 0.25) is 0 Å². The van der Waals surface area contributed by atoms with Gasteiger partial charge >= 0.3 is 0 Å². The lowest BCUT2D eigenvalue weighted by Gasteiger charge is -2.72. The van der Waals surface area contributed by atoms with E-state index in [1.54, 1.807) is 0 Å². The van der Waals surface area contributed by atoms with Crippen LogP contribution in [0.15, 0.2) is 12.2 Å². The number of carbonyl (C=O) groups is 2. The SMILES string of the molecule is C=C(C=O)[C@@H]1CC[C@]2(CC)CC[C@]3(C)[C@H](CC[C@@H]4[C@@]5(C)CCC(=O)C(C)(C)[C@@H]5CC[C@]43C)[C@@H]12. The lowest BCUT2D eigenvalue weighted by atomic mass is 9.32. The molecule has 0 amide bonds. The monoisotopic (exact) mass is 452 g/mol. The van der Waals surface area contributed by atoms with Crippen molar-refractivity contribution in [3.05, 3.63) is 12.2 Å². The average molecular weight is 453 g/mol. The van der Waals surface area contributed by atoms with Crippen molar-refractivity contribution in [2.75, 3.05) is 0 Å². The molecule has 5 rings (SSSR count). The summed E-state index contributed by atoms with van der Waals surface area (Å²) in [6.45, 7) is 19.0. The fourth-order valence-corrected chi connectivity index (χ4v) is 11.6. The molecule has 0 aromatic heterocycles. The third-order valence-electron chi connectivity index (χ3n) is 13.7. The van der Waals surface area contributed by atoms with E-state index in [4.69, 9.17) is 0 Å². The highest BCUT2D eigenvalue weighted by molar-refractivity contribution is 5.85. The van der Waals surface area contributed by atoms with Crippen molar-refractivity contribution in [1.82, 2.24) is 0 Å². The van der Waals surface area contributed by atoms with Crippen LogP contribution in [0.5, 0.6) is 0 Å². The molecule has 0 spiro atoms. The summed E-state index contributed by atoms with van der Waals surface area (Å²) in [5.74, 6) is 3.46. The zero-order chi connectivity index (χ0) is 24.0. The van der Waals surface area contributed by atoms with Gasteiger partial charge in [0.25, 0.3) is 0 Å². The molecule has 0 N–H and O–H groups in total. The van der Waals surface area contributed by atoms with Gasteiger partial charge in [-0.25, -0.2) is 0 Å². The molecular formula is C31H48O2. The molecule has 0 unspecified atom stereocenters. The van der Waals surface area contributed by atoms with E-state index in [2.05, 4.69) is 48.1 Å². The molecule has 0 radical (unpaired) electrons. The Morgan fingerprint density at radius 2 is 1.64 bits per heavy atom. The maximum Gasteiger partial charge on any atom is 0.145 e. The van der Waals surface area contributed by atoms with Crippen molar-refractivity contribution < 1.29 is 9.59 Å². The molecule has 2 nitrogen and oxygen atoms in total. The summed E-state index contributed by atoms with van der Waals surface area (Å²) < 4.78 is 0. The quantitative estimate of drug-likeness (QED) is 0.323. The van der Waals surface area contributed by atoms with Crippen LogP contribution in [-0.2, 0) is 9.59 Å². The van der Waals surface area contributed by atoms with Crippen molar-refractivity contribution in [1.29, 1.82) is 0 Å². The predicted octanol–water partition coefficient (Wildman–Crippen LogP) is 7.80. The molecule has 0 saturated heterocycles. The van der Waals surface area contributed by atoms with Gasteiger partial charge in [-0.3, -0.25) is 9.59 Å². The summed E-state index contributed by atoms with van der Waals surface area (Å²) in [7, 11) is 0. The van der Waals surface area contributed by atoms with Crippen LogP contribution in [0, 0.1) is 56.7 Å². The maximum atomic E-state index is 12.9. The second-order valence-electron chi connectivity index (χ2n) is 14.4. The van der Waals surface area contributed by atoms with Crippen LogP contribution in [0.1, 0.15) is 112 Å². The van der Waals surface area contributed by atoms with Crippen molar-refractivity contribution in [3.63, 3.8) is 0 Å². The Hall–Kier alpha value is -0.920. The van der Waals surface area contributed by atoms with E-state index in [1.165, 1.54) is 57.8 Å². The first-order valence-electron chi connectivity index (χ1n) is 14.1. The molecule has 5 aliphatic carbocycles. The number of carbonyl (C=O) groups excluding carboxylic acids is 2. The largest absolute Gasteiger partial charge is 0.299 e. The predicted molar refractivity (Wildman–Crippen MR) is 135 cm³/mol. The minimum absolute atomic E-state index is 0.172. The highest BCUT2D eigenvalue weighted by Gasteiger charge is 2.70. The third kappa shape index (κ3) is 2.79. The average Bonchev–Trinajstić information content (AvgIpc) is 3.17. The molecule has 0 aromatic carbocycles. The zero-order valence-electron chi connectivity index (χ0n) is 22.3. The molecule has 5 aliphatic rings. The fraction of sp³-hybridized carbons (Fsp3) is 0.871. The molecule has 5 fully saturated rings. The van der Waals surface area contributed by atoms with Crippen LogP contribution in [0.3, 0.4) is 0 Å². The van der Waals surface area contributed by atoms with Gasteiger partial charge in [-0.15, -0.1) is 0 Å². The second-order valence-corrected chi connectivity index (χ2v) is 14.4. The topological polar surface area (TPSA) is 34.1 Å². The Morgan fingerprint density at radius 1 is 0.909 bits per heavy atom. The standard InChI is InChI=1S/C31H48O2/c1-8-31-16-11-21(20(2)19-32)26(31)22-9-10-24-28(5)14-13-25(33)27(3,4)23(28)12-15-30(24,7)29(22,6)17-18-31/h19,21-24,26H,2,8-18H2,1,3-7H3/t21-,22+,23-,24+,26+,28-,29+,30+,31+/m0/s1. The smallest absolute Gasteiger partial charge is 0.145 e. The van der Waals surface area contributed by atoms with Crippen LogP contribution in [-0.4, -0.2) is 12.1 Å². The summed E-state index contributed by atoms with van der Waals surface area (Å²) in [5, 5.41) is 0. The Balaban J connectivity index is 1.56. The number of hydrogen-bond donors (Lipinski definition) is 0.